The van der Waals surface area contributed by atoms with Crippen LogP contribution in [0.2, 0.25) is 0 Å². The lowest BCUT2D eigenvalue weighted by Crippen LogP contribution is -2.49. The molecule has 0 aromatic heterocycles. The van der Waals surface area contributed by atoms with Gasteiger partial charge in [-0.25, -0.2) is 0 Å². The molecule has 6 heteroatoms. The minimum Gasteiger partial charge on any atom is -0.355 e. The van der Waals surface area contributed by atoms with E-state index in [-0.39, 0.29) is 24.0 Å². The Hall–Kier alpha value is -0.0800. The van der Waals surface area contributed by atoms with Gasteiger partial charge in [-0.2, -0.15) is 0 Å². The molecular weight excluding hydrogens is 377 g/mol. The summed E-state index contributed by atoms with van der Waals surface area (Å²) in [5.74, 6) is 1.62. The number of guanidine groups is 1. The maximum absolute atomic E-state index is 4.35. The summed E-state index contributed by atoms with van der Waals surface area (Å²) in [6.45, 7) is 13.8. The predicted octanol–water partition coefficient (Wildman–Crippen LogP) is 1.20. The molecule has 0 amide bonds. The zero-order chi connectivity index (χ0) is 14.5. The minimum absolute atomic E-state index is 0. The van der Waals surface area contributed by atoms with Crippen molar-refractivity contribution in [3.05, 3.63) is 0 Å². The van der Waals surface area contributed by atoms with E-state index >= 15 is 0 Å². The maximum atomic E-state index is 4.35. The van der Waals surface area contributed by atoms with E-state index in [1.165, 1.54) is 26.1 Å². The predicted molar refractivity (Wildman–Crippen MR) is 101 cm³/mol. The van der Waals surface area contributed by atoms with E-state index in [1.54, 1.807) is 0 Å². The van der Waals surface area contributed by atoms with Gasteiger partial charge in [0.05, 0.1) is 0 Å². The molecule has 0 aromatic carbocycles. The normalized spacial score (nSPS) is 27.4. The lowest BCUT2D eigenvalue weighted by molar-refractivity contribution is 0.185. The van der Waals surface area contributed by atoms with Gasteiger partial charge < -0.3 is 15.5 Å². The van der Waals surface area contributed by atoms with E-state index in [1.807, 2.05) is 7.05 Å². The van der Waals surface area contributed by atoms with Crippen molar-refractivity contribution in [3.63, 3.8) is 0 Å². The van der Waals surface area contributed by atoms with Gasteiger partial charge in [0, 0.05) is 45.3 Å². The Morgan fingerprint density at radius 2 is 2.00 bits per heavy atom. The third-order valence-corrected chi connectivity index (χ3v) is 4.59. The molecule has 2 atom stereocenters. The zero-order valence-corrected chi connectivity index (χ0v) is 16.3. The maximum Gasteiger partial charge on any atom is 0.191 e. The largest absolute Gasteiger partial charge is 0.355 e. The van der Waals surface area contributed by atoms with Gasteiger partial charge in [0.2, 0.25) is 0 Å². The average molecular weight is 409 g/mol. The standard InChI is InChI=1S/C15H31N5.HI/c1-12(2)20-10-13(3)14(11-20)18-15(16-4)17-6-9-19-7-5-8-19;/h12-14H,5-11H2,1-4H3,(H2,16,17,18);1H. The molecule has 0 aromatic rings. The fourth-order valence-corrected chi connectivity index (χ4v) is 2.92. The summed E-state index contributed by atoms with van der Waals surface area (Å²) in [6, 6.07) is 1.14. The molecule has 2 fully saturated rings. The van der Waals surface area contributed by atoms with Gasteiger partial charge in [-0.15, -0.1) is 24.0 Å². The van der Waals surface area contributed by atoms with Gasteiger partial charge in [0.1, 0.15) is 0 Å². The number of likely N-dealkylation sites (tertiary alicyclic amines) is 2. The lowest BCUT2D eigenvalue weighted by Gasteiger charge is -2.31. The highest BCUT2D eigenvalue weighted by molar-refractivity contribution is 14.0. The van der Waals surface area contributed by atoms with Crippen LogP contribution in [0.4, 0.5) is 0 Å². The van der Waals surface area contributed by atoms with Crippen LogP contribution in [0, 0.1) is 5.92 Å². The topological polar surface area (TPSA) is 42.9 Å². The number of nitrogens with zero attached hydrogens (tertiary/aromatic N) is 3. The first-order valence-electron chi connectivity index (χ1n) is 8.03. The van der Waals surface area contributed by atoms with Gasteiger partial charge in [-0.3, -0.25) is 9.89 Å². The zero-order valence-electron chi connectivity index (χ0n) is 13.9. The number of rotatable bonds is 5. The molecule has 21 heavy (non-hydrogen) atoms. The quantitative estimate of drug-likeness (QED) is 0.407. The number of hydrogen-bond acceptors (Lipinski definition) is 3. The van der Waals surface area contributed by atoms with Crippen molar-refractivity contribution in [2.45, 2.75) is 39.3 Å². The summed E-state index contributed by atoms with van der Waals surface area (Å²) in [7, 11) is 1.86. The molecule has 2 heterocycles. The van der Waals surface area contributed by atoms with Crippen LogP contribution in [-0.2, 0) is 0 Å². The third-order valence-electron chi connectivity index (χ3n) is 4.59. The Labute approximate surface area is 146 Å². The summed E-state index contributed by atoms with van der Waals surface area (Å²) in [5, 5.41) is 7.03. The summed E-state index contributed by atoms with van der Waals surface area (Å²) in [4.78, 5) is 9.36. The molecule has 0 radical (unpaired) electrons. The van der Waals surface area contributed by atoms with Crippen molar-refractivity contribution in [1.29, 1.82) is 0 Å². The van der Waals surface area contributed by atoms with Crippen LogP contribution in [0.3, 0.4) is 0 Å². The van der Waals surface area contributed by atoms with E-state index in [2.05, 4.69) is 46.2 Å². The SMILES string of the molecule is CN=C(NCCN1CCC1)NC1CN(C(C)C)CC1C.I. The molecule has 2 aliphatic rings. The molecular formula is C15H32IN5. The lowest BCUT2D eigenvalue weighted by atomic mass is 10.1. The molecule has 2 N–H and O–H groups in total. The first-order chi connectivity index (χ1) is 9.60. The van der Waals surface area contributed by atoms with E-state index < -0.39 is 0 Å². The highest BCUT2D eigenvalue weighted by atomic mass is 127. The number of hydrogen-bond donors (Lipinski definition) is 2. The summed E-state index contributed by atoms with van der Waals surface area (Å²) in [5.41, 5.74) is 0. The third kappa shape index (κ3) is 5.56. The first-order valence-corrected chi connectivity index (χ1v) is 8.03. The van der Waals surface area contributed by atoms with Gasteiger partial charge >= 0.3 is 0 Å². The molecule has 0 bridgehead atoms. The second-order valence-corrected chi connectivity index (χ2v) is 6.47. The highest BCUT2D eigenvalue weighted by Crippen LogP contribution is 2.18. The van der Waals surface area contributed by atoms with Crippen molar-refractivity contribution < 1.29 is 0 Å². The Balaban J connectivity index is 0.00000220. The number of halogens is 1. The highest BCUT2D eigenvalue weighted by Gasteiger charge is 2.31. The Bertz CT molecular complexity index is 330. The second kappa shape index (κ2) is 9.15. The van der Waals surface area contributed by atoms with E-state index in [0.717, 1.165) is 25.6 Å². The average Bonchev–Trinajstić information content (AvgIpc) is 2.72. The number of nitrogens with one attached hydrogen (secondary N) is 2. The minimum atomic E-state index is 0. The molecule has 2 rings (SSSR count). The molecule has 0 spiro atoms. The Morgan fingerprint density at radius 3 is 2.48 bits per heavy atom. The summed E-state index contributed by atoms with van der Waals surface area (Å²) >= 11 is 0. The van der Waals surface area contributed by atoms with Gasteiger partial charge in [0.15, 0.2) is 5.96 Å². The van der Waals surface area contributed by atoms with Crippen LogP contribution in [0.15, 0.2) is 4.99 Å². The van der Waals surface area contributed by atoms with E-state index in [0.29, 0.717) is 18.0 Å². The summed E-state index contributed by atoms with van der Waals surface area (Å²) < 4.78 is 0. The fraction of sp³-hybridized carbons (Fsp3) is 0.933. The Kier molecular flexibility index (Phi) is 8.26. The Morgan fingerprint density at radius 1 is 1.29 bits per heavy atom. The van der Waals surface area contributed by atoms with E-state index in [4.69, 9.17) is 0 Å². The summed E-state index contributed by atoms with van der Waals surface area (Å²) in [6.07, 6.45) is 1.36. The van der Waals surface area contributed by atoms with Gasteiger partial charge in [-0.05, 0) is 39.3 Å². The monoisotopic (exact) mass is 409 g/mol. The van der Waals surface area contributed by atoms with Gasteiger partial charge in [-0.1, -0.05) is 6.92 Å². The molecule has 2 aliphatic heterocycles. The van der Waals surface area contributed by atoms with Crippen LogP contribution >= 0.6 is 24.0 Å². The van der Waals surface area contributed by atoms with Crippen LogP contribution < -0.4 is 10.6 Å². The van der Waals surface area contributed by atoms with Crippen molar-refractivity contribution >= 4 is 29.9 Å². The molecule has 0 saturated carbocycles. The van der Waals surface area contributed by atoms with Gasteiger partial charge in [0.25, 0.3) is 0 Å². The molecule has 5 nitrogen and oxygen atoms in total. The van der Waals surface area contributed by atoms with E-state index in [9.17, 15) is 0 Å². The number of aliphatic imine (C=N–C) groups is 1. The molecule has 0 aliphatic carbocycles. The van der Waals surface area contributed by atoms with Crippen LogP contribution in [0.1, 0.15) is 27.2 Å². The van der Waals surface area contributed by atoms with Crippen LogP contribution in [0.5, 0.6) is 0 Å². The van der Waals surface area contributed by atoms with Crippen LogP contribution in [0.25, 0.3) is 0 Å². The molecule has 2 saturated heterocycles. The van der Waals surface area contributed by atoms with Crippen molar-refractivity contribution in [3.8, 4) is 0 Å². The van der Waals surface area contributed by atoms with Crippen molar-refractivity contribution in [1.82, 2.24) is 20.4 Å². The van der Waals surface area contributed by atoms with Crippen molar-refractivity contribution in [2.75, 3.05) is 46.3 Å². The van der Waals surface area contributed by atoms with Crippen LogP contribution in [-0.4, -0.2) is 74.2 Å². The molecule has 124 valence electrons. The first kappa shape index (κ1) is 19.0. The van der Waals surface area contributed by atoms with Crippen molar-refractivity contribution in [2.24, 2.45) is 10.9 Å². The fourth-order valence-electron chi connectivity index (χ4n) is 2.92. The smallest absolute Gasteiger partial charge is 0.191 e. The molecule has 2 unspecified atom stereocenters. The second-order valence-electron chi connectivity index (χ2n) is 6.47.